The second kappa shape index (κ2) is 8.38. The summed E-state index contributed by atoms with van der Waals surface area (Å²) < 4.78 is 0. The molecule has 5 nitrogen and oxygen atoms in total. The zero-order chi connectivity index (χ0) is 16.8. The number of nitrogens with zero attached hydrogens (tertiary/aromatic N) is 3. The predicted molar refractivity (Wildman–Crippen MR) is 92.4 cm³/mol. The van der Waals surface area contributed by atoms with E-state index < -0.39 is 0 Å². The fourth-order valence-electron chi connectivity index (χ4n) is 3.94. The highest BCUT2D eigenvalue weighted by molar-refractivity contribution is 5.76. The third-order valence-corrected chi connectivity index (χ3v) is 5.40. The zero-order valence-corrected chi connectivity index (χ0v) is 14.3. The summed E-state index contributed by atoms with van der Waals surface area (Å²) in [5.74, 6) is 0.882. The molecule has 130 valence electrons. The summed E-state index contributed by atoms with van der Waals surface area (Å²) >= 11 is 0. The van der Waals surface area contributed by atoms with E-state index in [4.69, 9.17) is 0 Å². The van der Waals surface area contributed by atoms with Crippen LogP contribution in [-0.2, 0) is 9.59 Å². The van der Waals surface area contributed by atoms with Gasteiger partial charge < -0.3 is 9.69 Å². The lowest BCUT2D eigenvalue weighted by Gasteiger charge is -2.38. The van der Waals surface area contributed by atoms with Crippen LogP contribution in [0.1, 0.15) is 50.1 Å². The molecular weight excluding hydrogens is 302 g/mol. The Morgan fingerprint density at radius 3 is 2.58 bits per heavy atom. The van der Waals surface area contributed by atoms with Crippen LogP contribution in [0.3, 0.4) is 0 Å². The van der Waals surface area contributed by atoms with E-state index in [-0.39, 0.29) is 6.04 Å². The number of hydrogen-bond acceptors (Lipinski definition) is 4. The van der Waals surface area contributed by atoms with Crippen molar-refractivity contribution in [3.8, 4) is 0 Å². The molecule has 1 aliphatic heterocycles. The minimum atomic E-state index is -0.255. The summed E-state index contributed by atoms with van der Waals surface area (Å²) in [6, 6.07) is 3.54. The molecule has 1 saturated carbocycles. The van der Waals surface area contributed by atoms with Gasteiger partial charge in [-0.15, -0.1) is 0 Å². The van der Waals surface area contributed by atoms with Gasteiger partial charge in [0.15, 0.2) is 0 Å². The molecule has 2 aliphatic rings. The Kier molecular flexibility index (Phi) is 5.96. The Labute approximate surface area is 144 Å². The number of pyridine rings is 1. The molecule has 0 spiro atoms. The smallest absolute Gasteiger partial charge is 0.222 e. The summed E-state index contributed by atoms with van der Waals surface area (Å²) in [7, 11) is 0. The highest BCUT2D eigenvalue weighted by Gasteiger charge is 2.28. The molecule has 1 aliphatic carbocycles. The minimum absolute atomic E-state index is 0.255. The second-order valence-corrected chi connectivity index (χ2v) is 6.99. The maximum atomic E-state index is 12.5. The molecule has 3 rings (SSSR count). The zero-order valence-electron chi connectivity index (χ0n) is 14.3. The maximum absolute atomic E-state index is 12.5. The average Bonchev–Trinajstić information content (AvgIpc) is 2.65. The SMILES string of the molecule is O=CC(c1cccnc1)N1CCN(C(=O)CC2CCCCC2)CC1. The van der Waals surface area contributed by atoms with E-state index in [1.807, 2.05) is 17.0 Å². The van der Waals surface area contributed by atoms with Crippen molar-refractivity contribution in [2.75, 3.05) is 26.2 Å². The van der Waals surface area contributed by atoms with Crippen molar-refractivity contribution in [1.29, 1.82) is 0 Å². The highest BCUT2D eigenvalue weighted by Crippen LogP contribution is 2.27. The quantitative estimate of drug-likeness (QED) is 0.779. The van der Waals surface area contributed by atoms with Crippen molar-refractivity contribution < 1.29 is 9.59 Å². The average molecular weight is 329 g/mol. The van der Waals surface area contributed by atoms with E-state index >= 15 is 0 Å². The van der Waals surface area contributed by atoms with E-state index in [1.54, 1.807) is 12.4 Å². The Morgan fingerprint density at radius 2 is 1.96 bits per heavy atom. The lowest BCUT2D eigenvalue weighted by atomic mass is 9.86. The van der Waals surface area contributed by atoms with Crippen molar-refractivity contribution in [2.45, 2.75) is 44.6 Å². The molecule has 1 amide bonds. The molecule has 2 fully saturated rings. The first kappa shape index (κ1) is 17.1. The van der Waals surface area contributed by atoms with Gasteiger partial charge in [0.2, 0.25) is 5.91 Å². The molecule has 1 unspecified atom stereocenters. The molecule has 1 aromatic heterocycles. The number of rotatable bonds is 5. The summed E-state index contributed by atoms with van der Waals surface area (Å²) in [5.41, 5.74) is 0.925. The van der Waals surface area contributed by atoms with Gasteiger partial charge in [-0.25, -0.2) is 0 Å². The molecule has 0 radical (unpaired) electrons. The van der Waals surface area contributed by atoms with E-state index in [0.29, 0.717) is 18.2 Å². The van der Waals surface area contributed by atoms with Gasteiger partial charge in [-0.3, -0.25) is 14.7 Å². The van der Waals surface area contributed by atoms with Crippen LogP contribution >= 0.6 is 0 Å². The van der Waals surface area contributed by atoms with Gasteiger partial charge in [0.1, 0.15) is 6.29 Å². The van der Waals surface area contributed by atoms with Gasteiger partial charge in [-0.2, -0.15) is 0 Å². The number of piperazine rings is 1. The standard InChI is InChI=1S/C19H27N3O2/c23-15-18(17-7-4-8-20-14-17)21-9-11-22(12-10-21)19(24)13-16-5-2-1-3-6-16/h4,7-8,14-16,18H,1-3,5-6,9-13H2. The van der Waals surface area contributed by atoms with E-state index in [1.165, 1.54) is 32.1 Å². The molecule has 2 heterocycles. The highest BCUT2D eigenvalue weighted by atomic mass is 16.2. The van der Waals surface area contributed by atoms with Gasteiger partial charge in [-0.1, -0.05) is 25.3 Å². The van der Waals surface area contributed by atoms with Crippen LogP contribution in [0.2, 0.25) is 0 Å². The predicted octanol–water partition coefficient (Wildman–Crippen LogP) is 2.44. The van der Waals surface area contributed by atoms with Gasteiger partial charge in [0, 0.05) is 45.0 Å². The Bertz CT molecular complexity index is 535. The van der Waals surface area contributed by atoms with Gasteiger partial charge in [0.05, 0.1) is 6.04 Å². The van der Waals surface area contributed by atoms with Crippen LogP contribution in [0.5, 0.6) is 0 Å². The van der Waals surface area contributed by atoms with Crippen molar-refractivity contribution in [3.63, 3.8) is 0 Å². The molecule has 0 N–H and O–H groups in total. The Morgan fingerprint density at radius 1 is 1.21 bits per heavy atom. The van der Waals surface area contributed by atoms with Crippen LogP contribution in [-0.4, -0.2) is 53.2 Å². The Hall–Kier alpha value is -1.75. The largest absolute Gasteiger partial charge is 0.340 e. The molecular formula is C19H27N3O2. The first-order valence-corrected chi connectivity index (χ1v) is 9.15. The molecule has 5 heteroatoms. The lowest BCUT2D eigenvalue weighted by Crippen LogP contribution is -2.50. The van der Waals surface area contributed by atoms with Crippen molar-refractivity contribution in [3.05, 3.63) is 30.1 Å². The fourth-order valence-corrected chi connectivity index (χ4v) is 3.94. The van der Waals surface area contributed by atoms with Crippen LogP contribution < -0.4 is 0 Å². The summed E-state index contributed by atoms with van der Waals surface area (Å²) in [6.07, 6.45) is 11.4. The van der Waals surface area contributed by atoms with E-state index in [2.05, 4.69) is 9.88 Å². The summed E-state index contributed by atoms with van der Waals surface area (Å²) in [6.45, 7) is 2.93. The van der Waals surface area contributed by atoms with Crippen molar-refractivity contribution >= 4 is 12.2 Å². The van der Waals surface area contributed by atoms with E-state index in [0.717, 1.165) is 38.0 Å². The molecule has 0 bridgehead atoms. The van der Waals surface area contributed by atoms with Crippen LogP contribution in [0.25, 0.3) is 0 Å². The van der Waals surface area contributed by atoms with Gasteiger partial charge >= 0.3 is 0 Å². The number of carbonyl (C=O) groups excluding carboxylic acids is 2. The van der Waals surface area contributed by atoms with Crippen LogP contribution in [0.15, 0.2) is 24.5 Å². The molecule has 24 heavy (non-hydrogen) atoms. The van der Waals surface area contributed by atoms with Crippen LogP contribution in [0, 0.1) is 5.92 Å². The first-order chi connectivity index (χ1) is 11.8. The number of aldehydes is 1. The minimum Gasteiger partial charge on any atom is -0.340 e. The Balaban J connectivity index is 1.51. The van der Waals surface area contributed by atoms with Gasteiger partial charge in [0.25, 0.3) is 0 Å². The second-order valence-electron chi connectivity index (χ2n) is 6.99. The first-order valence-electron chi connectivity index (χ1n) is 9.15. The lowest BCUT2D eigenvalue weighted by molar-refractivity contribution is -0.134. The van der Waals surface area contributed by atoms with Crippen LogP contribution in [0.4, 0.5) is 0 Å². The third kappa shape index (κ3) is 4.20. The maximum Gasteiger partial charge on any atom is 0.222 e. The number of hydrogen-bond donors (Lipinski definition) is 0. The molecule has 1 saturated heterocycles. The monoisotopic (exact) mass is 329 g/mol. The normalized spacial score (nSPS) is 21.4. The number of carbonyl (C=O) groups is 2. The fraction of sp³-hybridized carbons (Fsp3) is 0.632. The topological polar surface area (TPSA) is 53.5 Å². The molecule has 1 atom stereocenters. The number of amides is 1. The van der Waals surface area contributed by atoms with Gasteiger partial charge in [-0.05, 0) is 30.4 Å². The van der Waals surface area contributed by atoms with Crippen molar-refractivity contribution in [2.24, 2.45) is 5.92 Å². The molecule has 1 aromatic rings. The summed E-state index contributed by atoms with van der Waals surface area (Å²) in [5, 5.41) is 0. The third-order valence-electron chi connectivity index (χ3n) is 5.40. The van der Waals surface area contributed by atoms with E-state index in [9.17, 15) is 9.59 Å². The summed E-state index contributed by atoms with van der Waals surface area (Å²) in [4.78, 5) is 32.3. The molecule has 0 aromatic carbocycles. The van der Waals surface area contributed by atoms with Crippen molar-refractivity contribution in [1.82, 2.24) is 14.8 Å². The number of aromatic nitrogens is 1.